The first kappa shape index (κ1) is 16.5. The molecular formula is C13H18ClFN2O3. The van der Waals surface area contributed by atoms with Gasteiger partial charge in [0.05, 0.1) is 19.8 Å². The number of carbonyl (C=O) groups excluding carboxylic acids is 1. The molecule has 1 saturated heterocycles. The van der Waals surface area contributed by atoms with E-state index in [2.05, 4.69) is 10.6 Å². The van der Waals surface area contributed by atoms with Crippen LogP contribution in [0.2, 0.25) is 0 Å². The molecule has 0 bridgehead atoms. The van der Waals surface area contributed by atoms with Crippen molar-refractivity contribution in [3.63, 3.8) is 0 Å². The second-order valence-corrected chi connectivity index (χ2v) is 4.42. The van der Waals surface area contributed by atoms with E-state index in [0.717, 1.165) is 19.2 Å². The first-order valence-corrected chi connectivity index (χ1v) is 6.06. The van der Waals surface area contributed by atoms with Crippen molar-refractivity contribution < 1.29 is 18.7 Å². The summed E-state index contributed by atoms with van der Waals surface area (Å²) in [4.78, 5) is 11.9. The summed E-state index contributed by atoms with van der Waals surface area (Å²) in [5.41, 5.74) is -0.0371. The van der Waals surface area contributed by atoms with E-state index in [1.165, 1.54) is 20.3 Å². The van der Waals surface area contributed by atoms with Gasteiger partial charge in [0.1, 0.15) is 5.82 Å². The molecule has 1 aliphatic rings. The highest BCUT2D eigenvalue weighted by Gasteiger charge is 2.20. The Labute approximate surface area is 123 Å². The normalized spacial score (nSPS) is 13.9. The monoisotopic (exact) mass is 304 g/mol. The third kappa shape index (κ3) is 3.52. The van der Waals surface area contributed by atoms with Crippen LogP contribution in [0.25, 0.3) is 0 Å². The molecule has 0 aromatic heterocycles. The molecule has 7 heteroatoms. The second-order valence-electron chi connectivity index (χ2n) is 4.42. The van der Waals surface area contributed by atoms with E-state index < -0.39 is 11.7 Å². The second kappa shape index (κ2) is 7.31. The van der Waals surface area contributed by atoms with Crippen LogP contribution in [0.4, 0.5) is 4.39 Å². The molecule has 1 fully saturated rings. The average Bonchev–Trinajstić information content (AvgIpc) is 2.36. The lowest BCUT2D eigenvalue weighted by molar-refractivity contribution is 0.0937. The zero-order valence-electron chi connectivity index (χ0n) is 11.4. The fourth-order valence-corrected chi connectivity index (χ4v) is 1.85. The van der Waals surface area contributed by atoms with Gasteiger partial charge in [-0.2, -0.15) is 0 Å². The highest BCUT2D eigenvalue weighted by Crippen LogP contribution is 2.29. The highest BCUT2D eigenvalue weighted by molar-refractivity contribution is 5.95. The van der Waals surface area contributed by atoms with Gasteiger partial charge < -0.3 is 20.1 Å². The number of amides is 1. The molecule has 20 heavy (non-hydrogen) atoms. The Bertz CT molecular complexity index is 481. The zero-order chi connectivity index (χ0) is 13.8. The molecule has 0 saturated carbocycles. The number of hydrogen-bond donors (Lipinski definition) is 2. The molecule has 2 rings (SSSR count). The Balaban J connectivity index is 0.00000200. The maximum absolute atomic E-state index is 13.8. The van der Waals surface area contributed by atoms with E-state index in [1.54, 1.807) is 0 Å². The lowest BCUT2D eigenvalue weighted by Gasteiger charge is -2.27. The molecular weight excluding hydrogens is 287 g/mol. The van der Waals surface area contributed by atoms with Gasteiger partial charge in [-0.15, -0.1) is 12.4 Å². The van der Waals surface area contributed by atoms with Crippen LogP contribution in [0.5, 0.6) is 11.5 Å². The van der Waals surface area contributed by atoms with Crippen LogP contribution in [0.3, 0.4) is 0 Å². The summed E-state index contributed by atoms with van der Waals surface area (Å²) < 4.78 is 23.8. The Morgan fingerprint density at radius 3 is 2.45 bits per heavy atom. The smallest absolute Gasteiger partial charge is 0.254 e. The summed E-state index contributed by atoms with van der Waals surface area (Å²) in [7, 11) is 2.86. The molecule has 1 aliphatic heterocycles. The Morgan fingerprint density at radius 1 is 1.35 bits per heavy atom. The molecule has 2 N–H and O–H groups in total. The number of carbonyl (C=O) groups is 1. The third-order valence-electron chi connectivity index (χ3n) is 3.14. The molecule has 0 unspecified atom stereocenters. The van der Waals surface area contributed by atoms with Crippen molar-refractivity contribution in [1.82, 2.24) is 10.6 Å². The first-order valence-electron chi connectivity index (χ1n) is 6.06. The number of methoxy groups -OCH3 is 2. The largest absolute Gasteiger partial charge is 0.493 e. The summed E-state index contributed by atoms with van der Waals surface area (Å²) in [5, 5.41) is 5.82. The van der Waals surface area contributed by atoms with Crippen LogP contribution in [0.15, 0.2) is 12.1 Å². The minimum Gasteiger partial charge on any atom is -0.493 e. The fraction of sp³-hybridized carbons (Fsp3) is 0.462. The molecule has 1 heterocycles. The molecule has 1 aromatic carbocycles. The Kier molecular flexibility index (Phi) is 6.04. The number of benzene rings is 1. The topological polar surface area (TPSA) is 59.6 Å². The van der Waals surface area contributed by atoms with Crippen LogP contribution in [0.1, 0.15) is 10.4 Å². The van der Waals surface area contributed by atoms with E-state index in [9.17, 15) is 9.18 Å². The van der Waals surface area contributed by atoms with E-state index in [-0.39, 0.29) is 23.7 Å². The van der Waals surface area contributed by atoms with Crippen LogP contribution in [-0.2, 0) is 0 Å². The van der Waals surface area contributed by atoms with Crippen molar-refractivity contribution in [1.29, 1.82) is 0 Å². The van der Waals surface area contributed by atoms with Gasteiger partial charge in [-0.05, 0) is 6.07 Å². The van der Waals surface area contributed by atoms with Gasteiger partial charge in [0.15, 0.2) is 11.5 Å². The summed E-state index contributed by atoms with van der Waals surface area (Å²) in [5.74, 6) is -0.0431. The molecule has 112 valence electrons. The van der Waals surface area contributed by atoms with Crippen LogP contribution >= 0.6 is 12.4 Å². The van der Waals surface area contributed by atoms with Gasteiger partial charge in [0.25, 0.3) is 5.91 Å². The van der Waals surface area contributed by atoms with E-state index in [0.29, 0.717) is 18.2 Å². The fourth-order valence-electron chi connectivity index (χ4n) is 1.85. The number of halogens is 2. The van der Waals surface area contributed by atoms with Gasteiger partial charge in [-0.3, -0.25) is 4.79 Å². The molecule has 0 aliphatic carbocycles. The van der Waals surface area contributed by atoms with Gasteiger partial charge >= 0.3 is 0 Å². The Morgan fingerprint density at radius 2 is 1.95 bits per heavy atom. The van der Waals surface area contributed by atoms with Gasteiger partial charge in [-0.1, -0.05) is 0 Å². The summed E-state index contributed by atoms with van der Waals surface area (Å²) in [6.45, 7) is 2.31. The third-order valence-corrected chi connectivity index (χ3v) is 3.14. The number of ether oxygens (including phenoxy) is 2. The maximum Gasteiger partial charge on any atom is 0.254 e. The van der Waals surface area contributed by atoms with Crippen molar-refractivity contribution in [3.05, 3.63) is 23.5 Å². The molecule has 5 nitrogen and oxygen atoms in total. The summed E-state index contributed by atoms with van der Waals surface area (Å²) in [6, 6.07) is 2.50. The van der Waals surface area contributed by atoms with Crippen LogP contribution in [0, 0.1) is 11.7 Å². The van der Waals surface area contributed by atoms with Gasteiger partial charge in [-0.25, -0.2) is 4.39 Å². The minimum atomic E-state index is -0.623. The van der Waals surface area contributed by atoms with E-state index >= 15 is 0 Å². The highest BCUT2D eigenvalue weighted by atomic mass is 35.5. The molecule has 0 radical (unpaired) electrons. The molecule has 1 amide bonds. The summed E-state index contributed by atoms with van der Waals surface area (Å²) >= 11 is 0. The summed E-state index contributed by atoms with van der Waals surface area (Å²) in [6.07, 6.45) is 0. The van der Waals surface area contributed by atoms with Gasteiger partial charge in [0, 0.05) is 31.6 Å². The minimum absolute atomic E-state index is 0. The predicted molar refractivity (Wildman–Crippen MR) is 75.4 cm³/mol. The number of nitrogens with one attached hydrogen (secondary N) is 2. The molecule has 0 spiro atoms. The molecule has 1 aromatic rings. The van der Waals surface area contributed by atoms with Crippen molar-refractivity contribution in [3.8, 4) is 11.5 Å². The lowest BCUT2D eigenvalue weighted by atomic mass is 10.0. The van der Waals surface area contributed by atoms with Crippen molar-refractivity contribution in [2.75, 3.05) is 33.9 Å². The van der Waals surface area contributed by atoms with Crippen molar-refractivity contribution >= 4 is 18.3 Å². The van der Waals surface area contributed by atoms with E-state index in [4.69, 9.17) is 9.47 Å². The zero-order valence-corrected chi connectivity index (χ0v) is 12.2. The average molecular weight is 305 g/mol. The number of hydrogen-bond acceptors (Lipinski definition) is 4. The first-order chi connectivity index (χ1) is 9.15. The number of rotatable bonds is 5. The maximum atomic E-state index is 13.8. The van der Waals surface area contributed by atoms with E-state index in [1.807, 2.05) is 0 Å². The van der Waals surface area contributed by atoms with Crippen molar-refractivity contribution in [2.45, 2.75) is 0 Å². The molecule has 0 atom stereocenters. The van der Waals surface area contributed by atoms with Crippen LogP contribution < -0.4 is 20.1 Å². The SMILES string of the molecule is COc1cc(F)c(C(=O)NCC2CNC2)cc1OC.Cl. The van der Waals surface area contributed by atoms with Crippen LogP contribution in [-0.4, -0.2) is 39.8 Å². The standard InChI is InChI=1S/C13H17FN2O3.ClH/c1-18-11-3-9(10(14)4-12(11)19-2)13(17)16-7-8-5-15-6-8;/h3-4,8,15H,5-7H2,1-2H3,(H,16,17);1H. The quantitative estimate of drug-likeness (QED) is 0.858. The van der Waals surface area contributed by atoms with Crippen molar-refractivity contribution in [2.24, 2.45) is 5.92 Å². The lowest BCUT2D eigenvalue weighted by Crippen LogP contribution is -2.48. The van der Waals surface area contributed by atoms with Gasteiger partial charge in [0.2, 0.25) is 0 Å². The Hall–Kier alpha value is -1.53. The predicted octanol–water partition coefficient (Wildman–Crippen LogP) is 1.21.